The van der Waals surface area contributed by atoms with Crippen LogP contribution < -0.4 is 10.9 Å². The summed E-state index contributed by atoms with van der Waals surface area (Å²) in [5.74, 6) is 0. The van der Waals surface area contributed by atoms with Crippen LogP contribution in [-0.4, -0.2) is 17.6 Å². The lowest BCUT2D eigenvalue weighted by Crippen LogP contribution is -2.24. The zero-order chi connectivity index (χ0) is 15.8. The molecule has 0 unspecified atom stereocenters. The number of alkyl carbamates (subject to hydrolysis) is 1. The number of carbonyl (C=O) groups is 1. The van der Waals surface area contributed by atoms with E-state index in [1.54, 1.807) is 24.4 Å². The first-order chi connectivity index (χ1) is 10.6. The molecule has 0 aliphatic rings. The summed E-state index contributed by atoms with van der Waals surface area (Å²) in [7, 11) is 0. The number of aryl methyl sites for hydroxylation is 1. The van der Waals surface area contributed by atoms with E-state index in [-0.39, 0.29) is 12.2 Å². The van der Waals surface area contributed by atoms with Gasteiger partial charge in [-0.3, -0.25) is 4.79 Å². The zero-order valence-electron chi connectivity index (χ0n) is 12.3. The highest BCUT2D eigenvalue weighted by molar-refractivity contribution is 5.67. The van der Waals surface area contributed by atoms with E-state index < -0.39 is 6.09 Å². The summed E-state index contributed by atoms with van der Waals surface area (Å²) in [6.07, 6.45) is 4.53. The van der Waals surface area contributed by atoms with Gasteiger partial charge in [0.25, 0.3) is 5.56 Å². The monoisotopic (exact) mass is 298 g/mol. The van der Waals surface area contributed by atoms with Crippen molar-refractivity contribution in [2.24, 2.45) is 0 Å². The third kappa shape index (κ3) is 4.94. The smallest absolute Gasteiger partial charge is 0.407 e. The van der Waals surface area contributed by atoms with Crippen molar-refractivity contribution in [2.45, 2.75) is 13.5 Å². The fraction of sp³-hybridized carbons (Fsp3) is 0.176. The number of hydrogen-bond donors (Lipinski definition) is 2. The number of H-pyrrole nitrogens is 1. The second-order valence-electron chi connectivity index (χ2n) is 4.81. The number of rotatable bonds is 5. The van der Waals surface area contributed by atoms with Crippen molar-refractivity contribution in [3.8, 4) is 0 Å². The molecule has 1 heterocycles. The number of benzene rings is 1. The first-order valence-corrected chi connectivity index (χ1v) is 6.95. The molecule has 0 aliphatic carbocycles. The van der Waals surface area contributed by atoms with E-state index in [4.69, 9.17) is 4.74 Å². The Kier molecular flexibility index (Phi) is 5.54. The predicted octanol–water partition coefficient (Wildman–Crippen LogP) is 2.62. The van der Waals surface area contributed by atoms with Crippen molar-refractivity contribution < 1.29 is 9.53 Å². The van der Waals surface area contributed by atoms with E-state index >= 15 is 0 Å². The Morgan fingerprint density at radius 2 is 2.09 bits per heavy atom. The Hall–Kier alpha value is -2.82. The molecule has 0 aliphatic heterocycles. The Bertz CT molecular complexity index is 705. The molecule has 0 atom stereocenters. The molecule has 114 valence electrons. The standard InChI is InChI=1S/C17H18N2O3/c1-13-10-15(16(20)19-11-13)8-5-9-18-17(21)22-12-14-6-3-2-4-7-14/h2-8,10-11H,9,12H2,1H3,(H,18,21)(H,19,20). The molecule has 5 heteroatoms. The van der Waals surface area contributed by atoms with Gasteiger partial charge in [0, 0.05) is 18.3 Å². The average molecular weight is 298 g/mol. The molecule has 22 heavy (non-hydrogen) atoms. The lowest BCUT2D eigenvalue weighted by Gasteiger charge is -2.05. The SMILES string of the molecule is Cc1c[nH]c(=O)c(C=CCNC(=O)OCc2ccccc2)c1. The second kappa shape index (κ2) is 7.83. The predicted molar refractivity (Wildman–Crippen MR) is 85.5 cm³/mol. The van der Waals surface area contributed by atoms with Gasteiger partial charge in [0.05, 0.1) is 0 Å². The van der Waals surface area contributed by atoms with E-state index in [1.165, 1.54) is 0 Å². The van der Waals surface area contributed by atoms with Crippen molar-refractivity contribution in [2.75, 3.05) is 6.54 Å². The van der Waals surface area contributed by atoms with Crippen LogP contribution in [0.3, 0.4) is 0 Å². The molecule has 0 saturated heterocycles. The molecule has 2 rings (SSSR count). The summed E-state index contributed by atoms with van der Waals surface area (Å²) in [5.41, 5.74) is 2.29. The second-order valence-corrected chi connectivity index (χ2v) is 4.81. The Balaban J connectivity index is 1.76. The molecular weight excluding hydrogens is 280 g/mol. The van der Waals surface area contributed by atoms with Crippen molar-refractivity contribution >= 4 is 12.2 Å². The van der Waals surface area contributed by atoms with E-state index in [0.29, 0.717) is 12.1 Å². The first-order valence-electron chi connectivity index (χ1n) is 6.95. The third-order valence-corrected chi connectivity index (χ3v) is 2.95. The Morgan fingerprint density at radius 3 is 2.86 bits per heavy atom. The van der Waals surface area contributed by atoms with Crippen LogP contribution in [0, 0.1) is 6.92 Å². The fourth-order valence-electron chi connectivity index (χ4n) is 1.84. The molecule has 2 N–H and O–H groups in total. The summed E-state index contributed by atoms with van der Waals surface area (Å²) >= 11 is 0. The number of ether oxygens (including phenoxy) is 1. The van der Waals surface area contributed by atoms with E-state index in [9.17, 15) is 9.59 Å². The van der Waals surface area contributed by atoms with Crippen molar-refractivity contribution in [1.82, 2.24) is 10.3 Å². The number of aromatic nitrogens is 1. The number of hydrogen-bond acceptors (Lipinski definition) is 3. The molecule has 0 fully saturated rings. The van der Waals surface area contributed by atoms with Gasteiger partial charge in [-0.1, -0.05) is 42.5 Å². The quantitative estimate of drug-likeness (QED) is 0.891. The van der Waals surface area contributed by atoms with Gasteiger partial charge in [0.1, 0.15) is 6.61 Å². The topological polar surface area (TPSA) is 71.2 Å². The summed E-state index contributed by atoms with van der Waals surface area (Å²) < 4.78 is 5.07. The van der Waals surface area contributed by atoms with Crippen LogP contribution in [0.4, 0.5) is 4.79 Å². The lowest BCUT2D eigenvalue weighted by atomic mass is 10.2. The number of carbonyl (C=O) groups excluding carboxylic acids is 1. The van der Waals surface area contributed by atoms with Gasteiger partial charge in [0.15, 0.2) is 0 Å². The van der Waals surface area contributed by atoms with Crippen LogP contribution in [0.15, 0.2) is 53.5 Å². The fourth-order valence-corrected chi connectivity index (χ4v) is 1.84. The highest BCUT2D eigenvalue weighted by Crippen LogP contribution is 2.01. The van der Waals surface area contributed by atoms with Gasteiger partial charge < -0.3 is 15.0 Å². The maximum Gasteiger partial charge on any atom is 0.407 e. The minimum absolute atomic E-state index is 0.159. The Morgan fingerprint density at radius 1 is 1.32 bits per heavy atom. The molecule has 0 spiro atoms. The van der Waals surface area contributed by atoms with Gasteiger partial charge in [-0.2, -0.15) is 0 Å². The zero-order valence-corrected chi connectivity index (χ0v) is 12.3. The summed E-state index contributed by atoms with van der Waals surface area (Å²) in [6, 6.07) is 11.2. The van der Waals surface area contributed by atoms with Crippen molar-refractivity contribution in [3.05, 3.63) is 75.7 Å². The van der Waals surface area contributed by atoms with Crippen LogP contribution in [0.1, 0.15) is 16.7 Å². The number of nitrogens with one attached hydrogen (secondary N) is 2. The molecule has 1 amide bonds. The van der Waals surface area contributed by atoms with Crippen molar-refractivity contribution in [1.29, 1.82) is 0 Å². The number of amides is 1. The molecule has 0 bridgehead atoms. The van der Waals surface area contributed by atoms with Gasteiger partial charge in [0.2, 0.25) is 0 Å². The molecule has 2 aromatic rings. The summed E-state index contributed by atoms with van der Waals surface area (Å²) in [6.45, 7) is 2.42. The largest absolute Gasteiger partial charge is 0.445 e. The minimum Gasteiger partial charge on any atom is -0.445 e. The van der Waals surface area contributed by atoms with Crippen LogP contribution in [-0.2, 0) is 11.3 Å². The van der Waals surface area contributed by atoms with Gasteiger partial charge in [-0.05, 0) is 24.1 Å². The maximum atomic E-state index is 11.5. The molecule has 1 aromatic heterocycles. The average Bonchev–Trinajstić information content (AvgIpc) is 2.53. The van der Waals surface area contributed by atoms with Crippen LogP contribution in [0.25, 0.3) is 6.08 Å². The van der Waals surface area contributed by atoms with Crippen LogP contribution >= 0.6 is 0 Å². The lowest BCUT2D eigenvalue weighted by molar-refractivity contribution is 0.141. The van der Waals surface area contributed by atoms with Gasteiger partial charge in [-0.15, -0.1) is 0 Å². The maximum absolute atomic E-state index is 11.5. The number of pyridine rings is 1. The van der Waals surface area contributed by atoms with Crippen molar-refractivity contribution in [3.63, 3.8) is 0 Å². The molecule has 5 nitrogen and oxygen atoms in total. The molecule has 0 radical (unpaired) electrons. The Labute approximate surface area is 128 Å². The normalized spacial score (nSPS) is 10.6. The third-order valence-electron chi connectivity index (χ3n) is 2.95. The van der Waals surface area contributed by atoms with E-state index in [0.717, 1.165) is 11.1 Å². The summed E-state index contributed by atoms with van der Waals surface area (Å²) in [5, 5.41) is 2.60. The minimum atomic E-state index is -0.494. The number of aromatic amines is 1. The molecular formula is C17H18N2O3. The van der Waals surface area contributed by atoms with Gasteiger partial charge >= 0.3 is 6.09 Å². The molecule has 1 aromatic carbocycles. The highest BCUT2D eigenvalue weighted by Gasteiger charge is 2.00. The van der Waals surface area contributed by atoms with E-state index in [1.807, 2.05) is 37.3 Å². The van der Waals surface area contributed by atoms with Crippen LogP contribution in [0.5, 0.6) is 0 Å². The summed E-state index contributed by atoms with van der Waals surface area (Å²) in [4.78, 5) is 25.7. The van der Waals surface area contributed by atoms with Gasteiger partial charge in [-0.25, -0.2) is 4.79 Å². The first kappa shape index (κ1) is 15.6. The van der Waals surface area contributed by atoms with Crippen LogP contribution in [0.2, 0.25) is 0 Å². The highest BCUT2D eigenvalue weighted by atomic mass is 16.5. The van der Waals surface area contributed by atoms with E-state index in [2.05, 4.69) is 10.3 Å². The molecule has 0 saturated carbocycles.